The lowest BCUT2D eigenvalue weighted by Crippen LogP contribution is -2.29. The smallest absolute Gasteiger partial charge is 0.00647 e. The van der Waals surface area contributed by atoms with E-state index in [2.05, 4.69) is 51.7 Å². The van der Waals surface area contributed by atoms with Gasteiger partial charge in [0.1, 0.15) is 0 Å². The second-order valence-electron chi connectivity index (χ2n) is 5.02. The summed E-state index contributed by atoms with van der Waals surface area (Å²) in [6.45, 7) is 12.7. The molecule has 0 fully saturated rings. The molecule has 2 heteroatoms. The molecule has 98 valence electrons. The molecule has 1 nitrogen and oxygen atoms in total. The molecule has 0 aliphatic rings. The van der Waals surface area contributed by atoms with Gasteiger partial charge in [-0.3, -0.25) is 0 Å². The van der Waals surface area contributed by atoms with Gasteiger partial charge in [-0.15, -0.1) is 0 Å². The van der Waals surface area contributed by atoms with Crippen molar-refractivity contribution >= 4 is 11.8 Å². The topological polar surface area (TPSA) is 12.0 Å². The van der Waals surface area contributed by atoms with Crippen LogP contribution in [0.15, 0.2) is 0 Å². The Labute approximate surface area is 107 Å². The summed E-state index contributed by atoms with van der Waals surface area (Å²) in [6.07, 6.45) is 5.21. The van der Waals surface area contributed by atoms with Gasteiger partial charge in [-0.2, -0.15) is 11.8 Å². The summed E-state index contributed by atoms with van der Waals surface area (Å²) < 4.78 is 0. The fraction of sp³-hybridized carbons (Fsp3) is 1.00. The molecule has 0 aromatic carbocycles. The van der Waals surface area contributed by atoms with E-state index in [-0.39, 0.29) is 0 Å². The predicted molar refractivity (Wildman–Crippen MR) is 78.4 cm³/mol. The van der Waals surface area contributed by atoms with Crippen LogP contribution in [0.4, 0.5) is 0 Å². The minimum atomic E-state index is 0.745. The van der Waals surface area contributed by atoms with Crippen molar-refractivity contribution in [2.75, 3.05) is 12.3 Å². The van der Waals surface area contributed by atoms with E-state index in [0.717, 1.165) is 17.2 Å². The molecule has 0 bridgehead atoms. The van der Waals surface area contributed by atoms with Crippen LogP contribution in [0.1, 0.15) is 60.3 Å². The Balaban J connectivity index is 3.47. The molecule has 0 rings (SSSR count). The van der Waals surface area contributed by atoms with Crippen molar-refractivity contribution in [2.45, 2.75) is 71.6 Å². The summed E-state index contributed by atoms with van der Waals surface area (Å²) in [7, 11) is 0. The third-order valence-corrected chi connectivity index (χ3v) is 4.79. The first-order chi connectivity index (χ1) is 7.61. The molecule has 0 amide bonds. The molecule has 0 aromatic heterocycles. The zero-order valence-corrected chi connectivity index (χ0v) is 12.7. The van der Waals surface area contributed by atoms with Gasteiger partial charge in [-0.05, 0) is 43.9 Å². The van der Waals surface area contributed by atoms with Gasteiger partial charge in [0.2, 0.25) is 0 Å². The van der Waals surface area contributed by atoms with Crippen molar-refractivity contribution in [1.29, 1.82) is 0 Å². The fourth-order valence-electron chi connectivity index (χ4n) is 1.59. The van der Waals surface area contributed by atoms with Crippen molar-refractivity contribution in [3.63, 3.8) is 0 Å². The van der Waals surface area contributed by atoms with Crippen molar-refractivity contribution < 1.29 is 0 Å². The average Bonchev–Trinajstić information content (AvgIpc) is 2.27. The number of hydrogen-bond acceptors (Lipinski definition) is 2. The Morgan fingerprint density at radius 2 is 1.81 bits per heavy atom. The van der Waals surface area contributed by atoms with Crippen LogP contribution in [0.5, 0.6) is 0 Å². The largest absolute Gasteiger partial charge is 0.314 e. The lowest BCUT2D eigenvalue weighted by Gasteiger charge is -2.18. The van der Waals surface area contributed by atoms with Crippen LogP contribution in [0.3, 0.4) is 0 Å². The second-order valence-corrected chi connectivity index (χ2v) is 6.51. The Hall–Kier alpha value is 0.310. The number of thioether (sulfide) groups is 1. The zero-order chi connectivity index (χ0) is 12.4. The lowest BCUT2D eigenvalue weighted by molar-refractivity contribution is 0.465. The van der Waals surface area contributed by atoms with Crippen molar-refractivity contribution in [3.05, 3.63) is 0 Å². The highest BCUT2D eigenvalue weighted by Gasteiger charge is 2.08. The molecule has 0 aromatic rings. The number of hydrogen-bond donors (Lipinski definition) is 1. The van der Waals surface area contributed by atoms with Gasteiger partial charge < -0.3 is 5.32 Å². The molecular weight excluding hydrogens is 214 g/mol. The van der Waals surface area contributed by atoms with Crippen molar-refractivity contribution in [1.82, 2.24) is 5.32 Å². The minimum Gasteiger partial charge on any atom is -0.314 e. The summed E-state index contributed by atoms with van der Waals surface area (Å²) in [6, 6.07) is 0.745. The van der Waals surface area contributed by atoms with Gasteiger partial charge in [0, 0.05) is 11.3 Å². The molecule has 0 saturated carbocycles. The molecule has 0 spiro atoms. The molecule has 0 aliphatic heterocycles. The fourth-order valence-corrected chi connectivity index (χ4v) is 2.68. The molecule has 2 atom stereocenters. The third kappa shape index (κ3) is 8.46. The van der Waals surface area contributed by atoms with E-state index in [0.29, 0.717) is 0 Å². The first-order valence-electron chi connectivity index (χ1n) is 6.96. The summed E-state index contributed by atoms with van der Waals surface area (Å²) in [5.41, 5.74) is 0. The van der Waals surface area contributed by atoms with Gasteiger partial charge in [0.15, 0.2) is 0 Å². The standard InChI is InChI=1S/C14H31NS/c1-6-10-15-14(7-2)9-8-11-16-13(5)12(3)4/h12-15H,6-11H2,1-5H3. The quantitative estimate of drug-likeness (QED) is 0.575. The Morgan fingerprint density at radius 1 is 1.12 bits per heavy atom. The molecule has 16 heavy (non-hydrogen) atoms. The van der Waals surface area contributed by atoms with Gasteiger partial charge >= 0.3 is 0 Å². The Bertz CT molecular complexity index is 148. The highest BCUT2D eigenvalue weighted by atomic mass is 32.2. The summed E-state index contributed by atoms with van der Waals surface area (Å²) >= 11 is 2.13. The Morgan fingerprint density at radius 3 is 2.31 bits per heavy atom. The molecule has 0 aliphatic carbocycles. The highest BCUT2D eigenvalue weighted by molar-refractivity contribution is 7.99. The maximum atomic E-state index is 3.62. The minimum absolute atomic E-state index is 0.745. The van der Waals surface area contributed by atoms with Gasteiger partial charge in [0.05, 0.1) is 0 Å². The van der Waals surface area contributed by atoms with Crippen LogP contribution in [-0.4, -0.2) is 23.6 Å². The van der Waals surface area contributed by atoms with E-state index < -0.39 is 0 Å². The Kier molecular flexibility index (Phi) is 10.7. The maximum Gasteiger partial charge on any atom is 0.00647 e. The van der Waals surface area contributed by atoms with Gasteiger partial charge in [-0.1, -0.05) is 34.6 Å². The van der Waals surface area contributed by atoms with Crippen LogP contribution < -0.4 is 5.32 Å². The van der Waals surface area contributed by atoms with Gasteiger partial charge in [0.25, 0.3) is 0 Å². The van der Waals surface area contributed by atoms with E-state index in [9.17, 15) is 0 Å². The second kappa shape index (κ2) is 10.5. The lowest BCUT2D eigenvalue weighted by atomic mass is 10.1. The van der Waals surface area contributed by atoms with Crippen LogP contribution in [-0.2, 0) is 0 Å². The molecule has 0 heterocycles. The summed E-state index contributed by atoms with van der Waals surface area (Å²) in [5.74, 6) is 2.13. The van der Waals surface area contributed by atoms with Crippen LogP contribution >= 0.6 is 11.8 Å². The first-order valence-corrected chi connectivity index (χ1v) is 8.01. The average molecular weight is 245 g/mol. The zero-order valence-electron chi connectivity index (χ0n) is 11.9. The molecule has 2 unspecified atom stereocenters. The number of nitrogens with one attached hydrogen (secondary N) is 1. The van der Waals surface area contributed by atoms with E-state index >= 15 is 0 Å². The van der Waals surface area contributed by atoms with Crippen molar-refractivity contribution in [2.24, 2.45) is 5.92 Å². The molecular formula is C14H31NS. The highest BCUT2D eigenvalue weighted by Crippen LogP contribution is 2.20. The first kappa shape index (κ1) is 16.3. The van der Waals surface area contributed by atoms with E-state index in [1.807, 2.05) is 0 Å². The molecule has 1 N–H and O–H groups in total. The van der Waals surface area contributed by atoms with Crippen LogP contribution in [0.25, 0.3) is 0 Å². The van der Waals surface area contributed by atoms with E-state index in [1.165, 1.54) is 38.0 Å². The molecule has 0 saturated heterocycles. The monoisotopic (exact) mass is 245 g/mol. The summed E-state index contributed by atoms with van der Waals surface area (Å²) in [5, 5.41) is 4.43. The SMILES string of the molecule is CCCNC(CC)CCCSC(C)C(C)C. The van der Waals surface area contributed by atoms with E-state index in [4.69, 9.17) is 0 Å². The van der Waals surface area contributed by atoms with Crippen LogP contribution in [0.2, 0.25) is 0 Å². The normalized spacial score (nSPS) is 15.4. The maximum absolute atomic E-state index is 3.62. The van der Waals surface area contributed by atoms with Gasteiger partial charge in [-0.25, -0.2) is 0 Å². The summed E-state index contributed by atoms with van der Waals surface area (Å²) in [4.78, 5) is 0. The third-order valence-electron chi connectivity index (χ3n) is 3.19. The van der Waals surface area contributed by atoms with Crippen molar-refractivity contribution in [3.8, 4) is 0 Å². The number of rotatable bonds is 10. The van der Waals surface area contributed by atoms with E-state index in [1.54, 1.807) is 0 Å². The van der Waals surface area contributed by atoms with Crippen LogP contribution in [0, 0.1) is 5.92 Å². The predicted octanol–water partition coefficient (Wildman–Crippen LogP) is 4.32. The molecule has 0 radical (unpaired) electrons.